The Bertz CT molecular complexity index is 772. The number of anilines is 1. The molecule has 0 saturated carbocycles. The number of hydrogen-bond acceptors (Lipinski definition) is 3. The SMILES string of the molecule is C=C(C)C(=C)c1cc(-c2cncc(CN3CCC3)c2)ccc1NC. The number of hydrogen-bond donors (Lipinski definition) is 1. The molecule has 3 rings (SSSR count). The highest BCUT2D eigenvalue weighted by Gasteiger charge is 2.14. The maximum absolute atomic E-state index is 4.44. The number of benzene rings is 1. The molecular weight excluding hydrogens is 294 g/mol. The van der Waals surface area contributed by atoms with Gasteiger partial charge in [-0.15, -0.1) is 0 Å². The van der Waals surface area contributed by atoms with E-state index in [1.807, 2.05) is 26.4 Å². The zero-order valence-corrected chi connectivity index (χ0v) is 14.6. The van der Waals surface area contributed by atoms with Crippen LogP contribution >= 0.6 is 0 Å². The molecular formula is C21H25N3. The first-order valence-electron chi connectivity index (χ1n) is 8.42. The van der Waals surface area contributed by atoms with Crippen LogP contribution in [0, 0.1) is 0 Å². The van der Waals surface area contributed by atoms with E-state index in [-0.39, 0.29) is 0 Å². The predicted octanol–water partition coefficient (Wildman–Crippen LogP) is 4.59. The van der Waals surface area contributed by atoms with Crippen LogP contribution in [0.5, 0.6) is 0 Å². The topological polar surface area (TPSA) is 28.2 Å². The number of nitrogens with one attached hydrogen (secondary N) is 1. The van der Waals surface area contributed by atoms with Gasteiger partial charge in [0.1, 0.15) is 0 Å². The van der Waals surface area contributed by atoms with Crippen molar-refractivity contribution >= 4 is 11.3 Å². The van der Waals surface area contributed by atoms with Gasteiger partial charge in [0.05, 0.1) is 0 Å². The minimum absolute atomic E-state index is 0.964. The third kappa shape index (κ3) is 3.41. The van der Waals surface area contributed by atoms with Crippen molar-refractivity contribution < 1.29 is 0 Å². The summed E-state index contributed by atoms with van der Waals surface area (Å²) in [5, 5.41) is 3.24. The molecule has 1 fully saturated rings. The quantitative estimate of drug-likeness (QED) is 0.790. The van der Waals surface area contributed by atoms with Crippen LogP contribution in [0.2, 0.25) is 0 Å². The van der Waals surface area contributed by atoms with Crippen molar-refractivity contribution in [2.75, 3.05) is 25.5 Å². The lowest BCUT2D eigenvalue weighted by atomic mass is 9.95. The number of allylic oxidation sites excluding steroid dienone is 2. The lowest BCUT2D eigenvalue weighted by Crippen LogP contribution is -2.36. The Kier molecular flexibility index (Phi) is 4.81. The summed E-state index contributed by atoms with van der Waals surface area (Å²) in [5.74, 6) is 0. The van der Waals surface area contributed by atoms with Crippen molar-refractivity contribution in [1.29, 1.82) is 0 Å². The van der Waals surface area contributed by atoms with Crippen molar-refractivity contribution in [3.05, 3.63) is 66.5 Å². The van der Waals surface area contributed by atoms with Crippen LogP contribution in [0.15, 0.2) is 55.4 Å². The monoisotopic (exact) mass is 319 g/mol. The molecule has 1 saturated heterocycles. The molecule has 2 aromatic rings. The lowest BCUT2D eigenvalue weighted by molar-refractivity contribution is 0.172. The second-order valence-corrected chi connectivity index (χ2v) is 6.48. The van der Waals surface area contributed by atoms with Gasteiger partial charge in [-0.2, -0.15) is 0 Å². The molecule has 0 aliphatic carbocycles. The number of rotatable bonds is 6. The Labute approximate surface area is 144 Å². The Morgan fingerprint density at radius 2 is 1.96 bits per heavy atom. The molecule has 1 aromatic heterocycles. The fraction of sp³-hybridized carbons (Fsp3) is 0.286. The Hall–Kier alpha value is -2.39. The molecule has 1 aliphatic heterocycles. The first kappa shape index (κ1) is 16.5. The predicted molar refractivity (Wildman–Crippen MR) is 103 cm³/mol. The first-order valence-corrected chi connectivity index (χ1v) is 8.42. The van der Waals surface area contributed by atoms with Gasteiger partial charge in [0.15, 0.2) is 0 Å². The molecule has 1 aromatic carbocycles. The van der Waals surface area contributed by atoms with Crippen molar-refractivity contribution in [2.24, 2.45) is 0 Å². The Balaban J connectivity index is 1.94. The molecule has 0 radical (unpaired) electrons. The number of likely N-dealkylation sites (tertiary alicyclic amines) is 1. The average Bonchev–Trinajstić information content (AvgIpc) is 2.57. The highest BCUT2D eigenvalue weighted by atomic mass is 15.2. The first-order chi connectivity index (χ1) is 11.6. The fourth-order valence-electron chi connectivity index (χ4n) is 2.95. The van der Waals surface area contributed by atoms with Crippen molar-refractivity contribution in [3.8, 4) is 11.1 Å². The molecule has 0 unspecified atom stereocenters. The van der Waals surface area contributed by atoms with Gasteiger partial charge in [0.2, 0.25) is 0 Å². The summed E-state index contributed by atoms with van der Waals surface area (Å²) in [6.07, 6.45) is 5.21. The zero-order valence-electron chi connectivity index (χ0n) is 14.6. The molecule has 3 heteroatoms. The summed E-state index contributed by atoms with van der Waals surface area (Å²) in [4.78, 5) is 6.89. The molecule has 0 amide bonds. The van der Waals surface area contributed by atoms with Gasteiger partial charge in [-0.05, 0) is 61.3 Å². The van der Waals surface area contributed by atoms with E-state index in [2.05, 4.69) is 52.6 Å². The summed E-state index contributed by atoms with van der Waals surface area (Å²) < 4.78 is 0. The van der Waals surface area contributed by atoms with E-state index in [1.165, 1.54) is 25.1 Å². The van der Waals surface area contributed by atoms with E-state index in [9.17, 15) is 0 Å². The molecule has 1 N–H and O–H groups in total. The van der Waals surface area contributed by atoms with Crippen LogP contribution in [0.1, 0.15) is 24.5 Å². The zero-order chi connectivity index (χ0) is 17.1. The van der Waals surface area contributed by atoms with Crippen LogP contribution in [0.4, 0.5) is 5.69 Å². The number of pyridine rings is 1. The van der Waals surface area contributed by atoms with E-state index in [1.54, 1.807) is 0 Å². The minimum Gasteiger partial charge on any atom is -0.388 e. The summed E-state index contributed by atoms with van der Waals surface area (Å²) in [6.45, 7) is 13.6. The van der Waals surface area contributed by atoms with Gasteiger partial charge in [0.25, 0.3) is 0 Å². The lowest BCUT2D eigenvalue weighted by Gasteiger charge is -2.30. The van der Waals surface area contributed by atoms with Gasteiger partial charge < -0.3 is 5.32 Å². The smallest absolute Gasteiger partial charge is 0.0417 e. The third-order valence-corrected chi connectivity index (χ3v) is 4.61. The van der Waals surface area contributed by atoms with Gasteiger partial charge in [0, 0.05) is 42.8 Å². The van der Waals surface area contributed by atoms with Gasteiger partial charge in [-0.1, -0.05) is 24.8 Å². The summed E-state index contributed by atoms with van der Waals surface area (Å²) in [7, 11) is 1.93. The molecule has 24 heavy (non-hydrogen) atoms. The Morgan fingerprint density at radius 3 is 2.58 bits per heavy atom. The molecule has 3 nitrogen and oxygen atoms in total. The van der Waals surface area contributed by atoms with Crippen molar-refractivity contribution in [1.82, 2.24) is 9.88 Å². The Morgan fingerprint density at radius 1 is 1.17 bits per heavy atom. The highest BCUT2D eigenvalue weighted by molar-refractivity contribution is 5.86. The third-order valence-electron chi connectivity index (χ3n) is 4.61. The van der Waals surface area contributed by atoms with Crippen LogP contribution in [0.3, 0.4) is 0 Å². The number of aromatic nitrogens is 1. The van der Waals surface area contributed by atoms with Crippen LogP contribution in [-0.4, -0.2) is 30.0 Å². The average molecular weight is 319 g/mol. The normalized spacial score (nSPS) is 14.1. The molecule has 124 valence electrons. The van der Waals surface area contributed by atoms with Crippen molar-refractivity contribution in [2.45, 2.75) is 19.9 Å². The number of nitrogens with zero attached hydrogens (tertiary/aromatic N) is 2. The van der Waals surface area contributed by atoms with E-state index >= 15 is 0 Å². The highest BCUT2D eigenvalue weighted by Crippen LogP contribution is 2.32. The maximum Gasteiger partial charge on any atom is 0.0417 e. The van der Waals surface area contributed by atoms with Crippen LogP contribution in [0.25, 0.3) is 16.7 Å². The second-order valence-electron chi connectivity index (χ2n) is 6.48. The van der Waals surface area contributed by atoms with E-state index in [0.717, 1.165) is 40.1 Å². The minimum atomic E-state index is 0.964. The van der Waals surface area contributed by atoms with Gasteiger partial charge in [-0.3, -0.25) is 9.88 Å². The van der Waals surface area contributed by atoms with E-state index in [4.69, 9.17) is 0 Å². The fourth-order valence-corrected chi connectivity index (χ4v) is 2.95. The standard InChI is InChI=1S/C21H25N3/c1-15(2)16(3)20-11-18(6-7-21(20)22-4)19-10-17(12-23-13-19)14-24-8-5-9-24/h6-7,10-13,22H,1,3,5,8-9,14H2,2,4H3. The molecule has 2 heterocycles. The molecule has 0 atom stereocenters. The van der Waals surface area contributed by atoms with E-state index < -0.39 is 0 Å². The summed E-state index contributed by atoms with van der Waals surface area (Å²) >= 11 is 0. The van der Waals surface area contributed by atoms with Gasteiger partial charge >= 0.3 is 0 Å². The molecule has 0 spiro atoms. The largest absolute Gasteiger partial charge is 0.388 e. The second kappa shape index (κ2) is 7.02. The molecule has 0 bridgehead atoms. The van der Waals surface area contributed by atoms with Crippen LogP contribution < -0.4 is 5.32 Å². The van der Waals surface area contributed by atoms with Gasteiger partial charge in [-0.25, -0.2) is 0 Å². The molecule has 1 aliphatic rings. The summed E-state index contributed by atoms with van der Waals surface area (Å²) in [5.41, 5.74) is 7.67. The van der Waals surface area contributed by atoms with Crippen LogP contribution in [-0.2, 0) is 6.54 Å². The maximum atomic E-state index is 4.44. The van der Waals surface area contributed by atoms with E-state index in [0.29, 0.717) is 0 Å². The van der Waals surface area contributed by atoms with Crippen molar-refractivity contribution in [3.63, 3.8) is 0 Å². The summed E-state index contributed by atoms with van der Waals surface area (Å²) in [6, 6.07) is 8.65.